The average molecular weight is 302 g/mol. The second-order valence-electron chi connectivity index (χ2n) is 5.15. The first kappa shape index (κ1) is 13.8. The number of anilines is 1. The summed E-state index contributed by atoms with van der Waals surface area (Å²) in [4.78, 5) is 27.0. The van der Waals surface area contributed by atoms with Crippen molar-refractivity contribution in [1.29, 1.82) is 0 Å². The van der Waals surface area contributed by atoms with Crippen LogP contribution in [0.5, 0.6) is 0 Å². The van der Waals surface area contributed by atoms with Gasteiger partial charge in [-0.1, -0.05) is 0 Å². The van der Waals surface area contributed by atoms with Gasteiger partial charge in [-0.25, -0.2) is 4.98 Å². The molecule has 0 spiro atoms. The molecule has 0 bridgehead atoms. The van der Waals surface area contributed by atoms with Crippen molar-refractivity contribution in [2.45, 2.75) is 13.3 Å². The number of rotatable bonds is 4. The number of hydrogen-bond acceptors (Lipinski definition) is 4. The van der Waals surface area contributed by atoms with E-state index in [2.05, 4.69) is 10.3 Å². The smallest absolute Gasteiger partial charge is 0.307 e. The van der Waals surface area contributed by atoms with E-state index in [0.29, 0.717) is 12.1 Å². The van der Waals surface area contributed by atoms with Gasteiger partial charge in [0.05, 0.1) is 11.8 Å². The molecule has 6 heteroatoms. The number of carbonyl (C=O) groups excluding carboxylic acids is 1. The van der Waals surface area contributed by atoms with Crippen LogP contribution in [0.25, 0.3) is 10.6 Å². The van der Waals surface area contributed by atoms with Crippen LogP contribution < -0.4 is 5.32 Å². The van der Waals surface area contributed by atoms with Gasteiger partial charge in [0.15, 0.2) is 0 Å². The highest BCUT2D eigenvalue weighted by molar-refractivity contribution is 7.13. The number of carbonyl (C=O) groups is 2. The zero-order valence-corrected chi connectivity index (χ0v) is 12.2. The lowest BCUT2D eigenvalue weighted by molar-refractivity contribution is -0.139. The number of thiazole rings is 1. The van der Waals surface area contributed by atoms with E-state index >= 15 is 0 Å². The fraction of sp³-hybridized carbons (Fsp3) is 0.267. The van der Waals surface area contributed by atoms with E-state index in [9.17, 15) is 9.59 Å². The first-order valence-electron chi connectivity index (χ1n) is 6.61. The molecule has 0 aliphatic heterocycles. The molecule has 0 saturated heterocycles. The maximum atomic E-state index is 11.9. The Labute approximate surface area is 125 Å². The zero-order chi connectivity index (χ0) is 15.0. The summed E-state index contributed by atoms with van der Waals surface area (Å²) in [6.45, 7) is 1.95. The quantitative estimate of drug-likeness (QED) is 0.910. The monoisotopic (exact) mass is 302 g/mol. The summed E-state index contributed by atoms with van der Waals surface area (Å²) in [6, 6.07) is 7.41. The Morgan fingerprint density at radius 2 is 2.00 bits per heavy atom. The van der Waals surface area contributed by atoms with Gasteiger partial charge in [0.2, 0.25) is 5.91 Å². The van der Waals surface area contributed by atoms with Crippen molar-refractivity contribution in [2.24, 2.45) is 11.8 Å². The molecule has 1 aliphatic carbocycles. The van der Waals surface area contributed by atoms with Crippen molar-refractivity contribution >= 4 is 28.9 Å². The number of hydrogen-bond donors (Lipinski definition) is 2. The number of benzene rings is 1. The number of carboxylic acids is 1. The molecular formula is C15H14N2O3S. The van der Waals surface area contributed by atoms with Crippen molar-refractivity contribution in [3.63, 3.8) is 0 Å². The first-order chi connectivity index (χ1) is 10.0. The molecule has 3 rings (SSSR count). The largest absolute Gasteiger partial charge is 0.481 e. The summed E-state index contributed by atoms with van der Waals surface area (Å²) in [5.74, 6) is -2.05. The highest BCUT2D eigenvalue weighted by Crippen LogP contribution is 2.39. The van der Waals surface area contributed by atoms with Crippen LogP contribution in [0.4, 0.5) is 5.69 Å². The second-order valence-corrected chi connectivity index (χ2v) is 6.01. The van der Waals surface area contributed by atoms with Crippen LogP contribution in [0.3, 0.4) is 0 Å². The van der Waals surface area contributed by atoms with Crippen molar-refractivity contribution in [3.05, 3.63) is 35.3 Å². The molecule has 2 atom stereocenters. The Balaban J connectivity index is 1.65. The van der Waals surface area contributed by atoms with E-state index in [0.717, 1.165) is 16.3 Å². The number of amides is 1. The molecule has 1 saturated carbocycles. The molecule has 0 radical (unpaired) electrons. The third-order valence-electron chi connectivity index (χ3n) is 3.46. The molecule has 5 nitrogen and oxygen atoms in total. The standard InChI is InChI=1S/C15H14N2O3S/c1-8-7-21-14(16-8)9-2-4-10(5-3-9)17-13(18)11-6-12(11)15(19)20/h2-5,7,11-12H,6H2,1H3,(H,17,18)(H,19,20)/t11-,12+/m1/s1. The zero-order valence-electron chi connectivity index (χ0n) is 11.4. The molecule has 1 fully saturated rings. The van der Waals surface area contributed by atoms with Gasteiger partial charge in [-0.2, -0.15) is 0 Å². The van der Waals surface area contributed by atoms with Crippen LogP contribution >= 0.6 is 11.3 Å². The van der Waals surface area contributed by atoms with Gasteiger partial charge >= 0.3 is 5.97 Å². The lowest BCUT2D eigenvalue weighted by atomic mass is 10.2. The molecule has 1 amide bonds. The minimum atomic E-state index is -0.898. The van der Waals surface area contributed by atoms with Gasteiger partial charge in [0.25, 0.3) is 0 Å². The Morgan fingerprint density at radius 3 is 2.52 bits per heavy atom. The van der Waals surface area contributed by atoms with Gasteiger partial charge < -0.3 is 10.4 Å². The molecule has 108 valence electrons. The summed E-state index contributed by atoms with van der Waals surface area (Å²) in [5.41, 5.74) is 2.66. The summed E-state index contributed by atoms with van der Waals surface area (Å²) in [7, 11) is 0. The molecule has 2 aromatic rings. The fourth-order valence-corrected chi connectivity index (χ4v) is 2.98. The van der Waals surface area contributed by atoms with Crippen molar-refractivity contribution in [3.8, 4) is 10.6 Å². The predicted octanol–water partition coefficient (Wildman–Crippen LogP) is 2.78. The first-order valence-corrected chi connectivity index (χ1v) is 7.49. The normalized spacial score (nSPS) is 20.0. The second kappa shape index (κ2) is 5.29. The summed E-state index contributed by atoms with van der Waals surface area (Å²) >= 11 is 1.58. The molecule has 0 unspecified atom stereocenters. The van der Waals surface area contributed by atoms with Gasteiger partial charge in [-0.05, 0) is 37.6 Å². The molecule has 21 heavy (non-hydrogen) atoms. The van der Waals surface area contributed by atoms with Gasteiger partial charge in [-0.3, -0.25) is 9.59 Å². The van der Waals surface area contributed by atoms with Gasteiger partial charge in [0, 0.05) is 22.3 Å². The lowest BCUT2D eigenvalue weighted by Crippen LogP contribution is -2.16. The number of nitrogens with one attached hydrogen (secondary N) is 1. The molecular weight excluding hydrogens is 288 g/mol. The SMILES string of the molecule is Cc1csc(-c2ccc(NC(=O)[C@@H]3C[C@@H]3C(=O)O)cc2)n1. The molecule has 1 aromatic carbocycles. The Kier molecular flexibility index (Phi) is 3.47. The Bertz CT molecular complexity index is 693. The van der Waals surface area contributed by atoms with E-state index in [1.165, 1.54) is 0 Å². The number of aliphatic carboxylic acids is 1. The highest BCUT2D eigenvalue weighted by atomic mass is 32.1. The molecule has 1 aliphatic rings. The van der Waals surface area contributed by atoms with Crippen molar-refractivity contribution < 1.29 is 14.7 Å². The predicted molar refractivity (Wildman–Crippen MR) is 80.1 cm³/mol. The highest BCUT2D eigenvalue weighted by Gasteiger charge is 2.48. The van der Waals surface area contributed by atoms with E-state index in [1.807, 2.05) is 36.6 Å². The Hall–Kier alpha value is -2.21. The van der Waals surface area contributed by atoms with E-state index < -0.39 is 17.8 Å². The third-order valence-corrected chi connectivity index (χ3v) is 4.47. The number of nitrogens with zero attached hydrogens (tertiary/aromatic N) is 1. The molecule has 1 aromatic heterocycles. The summed E-state index contributed by atoms with van der Waals surface area (Å²) < 4.78 is 0. The summed E-state index contributed by atoms with van der Waals surface area (Å²) in [6.07, 6.45) is 0.428. The van der Waals surface area contributed by atoms with E-state index in [-0.39, 0.29) is 5.91 Å². The van der Waals surface area contributed by atoms with Crippen molar-refractivity contribution in [1.82, 2.24) is 4.98 Å². The van der Waals surface area contributed by atoms with Crippen LogP contribution in [0, 0.1) is 18.8 Å². The van der Waals surface area contributed by atoms with Crippen LogP contribution in [0.1, 0.15) is 12.1 Å². The van der Waals surface area contributed by atoms with Crippen LogP contribution in [0.15, 0.2) is 29.6 Å². The number of aryl methyl sites for hydroxylation is 1. The third kappa shape index (κ3) is 2.95. The minimum Gasteiger partial charge on any atom is -0.481 e. The molecule has 2 N–H and O–H groups in total. The maximum absolute atomic E-state index is 11.9. The van der Waals surface area contributed by atoms with Crippen LogP contribution in [-0.2, 0) is 9.59 Å². The maximum Gasteiger partial charge on any atom is 0.307 e. The number of carboxylic acid groups (broad SMARTS) is 1. The average Bonchev–Trinajstić information content (AvgIpc) is 3.16. The van der Waals surface area contributed by atoms with Crippen LogP contribution in [-0.4, -0.2) is 22.0 Å². The minimum absolute atomic E-state index is 0.222. The number of aromatic nitrogens is 1. The van der Waals surface area contributed by atoms with Gasteiger partial charge in [-0.15, -0.1) is 11.3 Å². The van der Waals surface area contributed by atoms with Gasteiger partial charge in [0.1, 0.15) is 5.01 Å². The lowest BCUT2D eigenvalue weighted by Gasteiger charge is -2.05. The topological polar surface area (TPSA) is 79.3 Å². The molecule has 1 heterocycles. The van der Waals surface area contributed by atoms with Crippen LogP contribution in [0.2, 0.25) is 0 Å². The Morgan fingerprint density at radius 1 is 1.29 bits per heavy atom. The summed E-state index contributed by atoms with van der Waals surface area (Å²) in [5, 5.41) is 14.5. The van der Waals surface area contributed by atoms with E-state index in [1.54, 1.807) is 11.3 Å². The van der Waals surface area contributed by atoms with Crippen molar-refractivity contribution in [2.75, 3.05) is 5.32 Å². The fourth-order valence-electron chi connectivity index (χ4n) is 2.18. The van der Waals surface area contributed by atoms with E-state index in [4.69, 9.17) is 5.11 Å².